The van der Waals surface area contributed by atoms with Gasteiger partial charge in [0.1, 0.15) is 0 Å². The summed E-state index contributed by atoms with van der Waals surface area (Å²) in [5.74, 6) is -0.0724. The molecule has 0 saturated carbocycles. The van der Waals surface area contributed by atoms with Gasteiger partial charge in [0, 0.05) is 19.0 Å². The van der Waals surface area contributed by atoms with E-state index in [1.54, 1.807) is 0 Å². The van der Waals surface area contributed by atoms with Crippen molar-refractivity contribution in [1.82, 2.24) is 4.90 Å². The molecule has 122 valence electrons. The van der Waals surface area contributed by atoms with Crippen molar-refractivity contribution in [2.75, 3.05) is 20.2 Å². The molecule has 5 nitrogen and oxygen atoms in total. The molecule has 0 aliphatic carbocycles. The van der Waals surface area contributed by atoms with Gasteiger partial charge in [-0.3, -0.25) is 9.59 Å². The maximum Gasteiger partial charge on any atom is 0.307 e. The summed E-state index contributed by atoms with van der Waals surface area (Å²) in [4.78, 5) is 25.8. The summed E-state index contributed by atoms with van der Waals surface area (Å²) in [6.07, 6.45) is 5.60. The Labute approximate surface area is 128 Å². The molecule has 5 heteroatoms. The van der Waals surface area contributed by atoms with E-state index in [9.17, 15) is 9.59 Å². The van der Waals surface area contributed by atoms with Crippen molar-refractivity contribution in [2.45, 2.75) is 64.8 Å². The van der Waals surface area contributed by atoms with Gasteiger partial charge in [0.2, 0.25) is 5.91 Å². The zero-order chi connectivity index (χ0) is 15.9. The lowest BCUT2D eigenvalue weighted by atomic mass is 9.84. The standard InChI is InChI=1S/C16H30N2O3/c1-16(2,9-10-17)8-7-14(19)18-11-5-4-6-13(18)12-15(20)21-3/h13H,4-12,17H2,1-3H3. The van der Waals surface area contributed by atoms with E-state index in [1.165, 1.54) is 7.11 Å². The van der Waals surface area contributed by atoms with E-state index >= 15 is 0 Å². The number of carbonyl (C=O) groups is 2. The summed E-state index contributed by atoms with van der Waals surface area (Å²) in [6, 6.07) is 0.0105. The molecule has 1 unspecified atom stereocenters. The summed E-state index contributed by atoms with van der Waals surface area (Å²) in [5.41, 5.74) is 5.70. The number of amides is 1. The van der Waals surface area contributed by atoms with Gasteiger partial charge in [-0.2, -0.15) is 0 Å². The second-order valence-corrected chi connectivity index (χ2v) is 6.72. The monoisotopic (exact) mass is 298 g/mol. The molecule has 0 aromatic heterocycles. The SMILES string of the molecule is COC(=O)CC1CCCCN1C(=O)CCC(C)(C)CCN. The molecule has 0 aromatic rings. The Morgan fingerprint density at radius 2 is 2.00 bits per heavy atom. The maximum atomic E-state index is 12.5. The Morgan fingerprint density at radius 1 is 1.29 bits per heavy atom. The Kier molecular flexibility index (Phi) is 7.15. The number of rotatable bonds is 7. The lowest BCUT2D eigenvalue weighted by Crippen LogP contribution is -2.45. The molecule has 0 radical (unpaired) electrons. The van der Waals surface area contributed by atoms with Gasteiger partial charge >= 0.3 is 5.97 Å². The Balaban J connectivity index is 2.54. The molecule has 21 heavy (non-hydrogen) atoms. The number of ether oxygens (including phenoxy) is 1. The molecule has 1 aliphatic heterocycles. The molecule has 1 heterocycles. The highest BCUT2D eigenvalue weighted by atomic mass is 16.5. The summed E-state index contributed by atoms with van der Waals surface area (Å²) in [7, 11) is 1.40. The van der Waals surface area contributed by atoms with Crippen LogP contribution in [0.1, 0.15) is 58.8 Å². The first-order valence-corrected chi connectivity index (χ1v) is 7.96. The number of nitrogens with two attached hydrogens (primary N) is 1. The summed E-state index contributed by atoms with van der Waals surface area (Å²) >= 11 is 0. The van der Waals surface area contributed by atoms with Crippen molar-refractivity contribution in [1.29, 1.82) is 0 Å². The summed E-state index contributed by atoms with van der Waals surface area (Å²) in [5, 5.41) is 0. The van der Waals surface area contributed by atoms with Crippen molar-refractivity contribution in [3.8, 4) is 0 Å². The van der Waals surface area contributed by atoms with Crippen LogP contribution < -0.4 is 5.73 Å². The number of nitrogens with zero attached hydrogens (tertiary/aromatic N) is 1. The third-order valence-corrected chi connectivity index (χ3v) is 4.41. The fourth-order valence-electron chi connectivity index (χ4n) is 2.92. The highest BCUT2D eigenvalue weighted by molar-refractivity contribution is 5.78. The molecule has 1 rings (SSSR count). The second-order valence-electron chi connectivity index (χ2n) is 6.72. The fraction of sp³-hybridized carbons (Fsp3) is 0.875. The van der Waals surface area contributed by atoms with Crippen LogP contribution in [0.5, 0.6) is 0 Å². The van der Waals surface area contributed by atoms with Crippen LogP contribution >= 0.6 is 0 Å². The highest BCUT2D eigenvalue weighted by Crippen LogP contribution is 2.28. The Morgan fingerprint density at radius 3 is 2.62 bits per heavy atom. The highest BCUT2D eigenvalue weighted by Gasteiger charge is 2.29. The smallest absolute Gasteiger partial charge is 0.307 e. The van der Waals surface area contributed by atoms with E-state index in [0.717, 1.165) is 38.6 Å². The fourth-order valence-corrected chi connectivity index (χ4v) is 2.92. The van der Waals surface area contributed by atoms with Gasteiger partial charge in [-0.25, -0.2) is 0 Å². The van der Waals surface area contributed by atoms with E-state index in [0.29, 0.717) is 19.4 Å². The molecule has 0 aromatic carbocycles. The molecular weight excluding hydrogens is 268 g/mol. The molecule has 1 fully saturated rings. The van der Waals surface area contributed by atoms with Crippen molar-refractivity contribution < 1.29 is 14.3 Å². The minimum Gasteiger partial charge on any atom is -0.469 e. The van der Waals surface area contributed by atoms with E-state index in [1.807, 2.05) is 4.90 Å². The number of piperidine rings is 1. The molecule has 1 aliphatic rings. The van der Waals surface area contributed by atoms with Crippen LogP contribution in [-0.4, -0.2) is 43.0 Å². The van der Waals surface area contributed by atoms with Crippen LogP contribution in [0, 0.1) is 5.41 Å². The van der Waals surface area contributed by atoms with Gasteiger partial charge in [-0.05, 0) is 44.1 Å². The largest absolute Gasteiger partial charge is 0.469 e. The van der Waals surface area contributed by atoms with E-state index in [4.69, 9.17) is 10.5 Å². The number of methoxy groups -OCH3 is 1. The van der Waals surface area contributed by atoms with E-state index in [2.05, 4.69) is 13.8 Å². The van der Waals surface area contributed by atoms with Crippen molar-refractivity contribution in [3.63, 3.8) is 0 Å². The lowest BCUT2D eigenvalue weighted by Gasteiger charge is -2.36. The van der Waals surface area contributed by atoms with Crippen LogP contribution in [0.3, 0.4) is 0 Å². The number of carbonyl (C=O) groups excluding carboxylic acids is 2. The van der Waals surface area contributed by atoms with Crippen LogP contribution in [0.4, 0.5) is 0 Å². The van der Waals surface area contributed by atoms with Crippen LogP contribution in [0.15, 0.2) is 0 Å². The molecular formula is C16H30N2O3. The maximum absolute atomic E-state index is 12.5. The van der Waals surface area contributed by atoms with Crippen LogP contribution in [0.25, 0.3) is 0 Å². The van der Waals surface area contributed by atoms with E-state index < -0.39 is 0 Å². The number of hydrogen-bond acceptors (Lipinski definition) is 4. The van der Waals surface area contributed by atoms with Gasteiger partial charge in [0.25, 0.3) is 0 Å². The Bertz CT molecular complexity index is 355. The predicted octanol–water partition coefficient (Wildman–Crippen LogP) is 2.09. The summed E-state index contributed by atoms with van der Waals surface area (Å²) in [6.45, 7) is 5.71. The minimum atomic E-state index is -0.233. The van der Waals surface area contributed by atoms with Gasteiger partial charge in [-0.15, -0.1) is 0 Å². The first kappa shape index (κ1) is 18.0. The first-order chi connectivity index (χ1) is 9.89. The second kappa shape index (κ2) is 8.37. The van der Waals surface area contributed by atoms with Gasteiger partial charge in [0.05, 0.1) is 13.5 Å². The average Bonchev–Trinajstić information content (AvgIpc) is 2.45. The molecule has 2 N–H and O–H groups in total. The molecule has 0 spiro atoms. The molecule has 1 amide bonds. The Hall–Kier alpha value is -1.10. The summed E-state index contributed by atoms with van der Waals surface area (Å²) < 4.78 is 4.74. The van der Waals surface area contributed by atoms with Crippen LogP contribution in [0.2, 0.25) is 0 Å². The van der Waals surface area contributed by atoms with Gasteiger partial charge in [0.15, 0.2) is 0 Å². The van der Waals surface area contributed by atoms with Crippen molar-refractivity contribution in [2.24, 2.45) is 11.1 Å². The quantitative estimate of drug-likeness (QED) is 0.730. The van der Waals surface area contributed by atoms with E-state index in [-0.39, 0.29) is 23.3 Å². The average molecular weight is 298 g/mol. The zero-order valence-electron chi connectivity index (χ0n) is 13.7. The predicted molar refractivity (Wildman–Crippen MR) is 82.7 cm³/mol. The number of likely N-dealkylation sites (tertiary alicyclic amines) is 1. The molecule has 0 bridgehead atoms. The van der Waals surface area contributed by atoms with Crippen molar-refractivity contribution >= 4 is 11.9 Å². The number of esters is 1. The third kappa shape index (κ3) is 6.04. The number of hydrogen-bond donors (Lipinski definition) is 1. The van der Waals surface area contributed by atoms with Crippen LogP contribution in [-0.2, 0) is 14.3 Å². The van der Waals surface area contributed by atoms with Gasteiger partial charge in [-0.1, -0.05) is 13.8 Å². The minimum absolute atomic E-state index is 0.0105. The zero-order valence-corrected chi connectivity index (χ0v) is 13.7. The van der Waals surface area contributed by atoms with Gasteiger partial charge < -0.3 is 15.4 Å². The first-order valence-electron chi connectivity index (χ1n) is 7.96. The normalized spacial score (nSPS) is 19.4. The topological polar surface area (TPSA) is 72.6 Å². The molecule has 1 atom stereocenters. The lowest BCUT2D eigenvalue weighted by molar-refractivity contribution is -0.144. The third-order valence-electron chi connectivity index (χ3n) is 4.41. The van der Waals surface area contributed by atoms with Crippen molar-refractivity contribution in [3.05, 3.63) is 0 Å². The molecule has 1 saturated heterocycles.